The van der Waals surface area contributed by atoms with Crippen molar-refractivity contribution in [1.29, 1.82) is 0 Å². The van der Waals surface area contributed by atoms with Crippen molar-refractivity contribution in [3.05, 3.63) is 82.4 Å². The van der Waals surface area contributed by atoms with Gasteiger partial charge in [-0.25, -0.2) is 0 Å². The van der Waals surface area contributed by atoms with E-state index in [4.69, 9.17) is 16.3 Å². The van der Waals surface area contributed by atoms with Gasteiger partial charge in [0.05, 0.1) is 29.2 Å². The van der Waals surface area contributed by atoms with Crippen molar-refractivity contribution < 1.29 is 9.53 Å². The second-order valence-electron chi connectivity index (χ2n) is 8.45. The van der Waals surface area contributed by atoms with Gasteiger partial charge in [-0.2, -0.15) is 0 Å². The molecule has 174 valence electrons. The van der Waals surface area contributed by atoms with Crippen LogP contribution in [0, 0.1) is 0 Å². The fourth-order valence-electron chi connectivity index (χ4n) is 4.31. The molecule has 3 N–H and O–H groups in total. The lowest BCUT2D eigenvalue weighted by molar-refractivity contribution is -0.110. The minimum absolute atomic E-state index is 0.167. The van der Waals surface area contributed by atoms with E-state index in [1.807, 2.05) is 36.4 Å². The Balaban J connectivity index is 1.60. The van der Waals surface area contributed by atoms with Crippen molar-refractivity contribution in [2.45, 2.75) is 13.5 Å². The zero-order valence-corrected chi connectivity index (χ0v) is 20.0. The third kappa shape index (κ3) is 4.34. The zero-order valence-electron chi connectivity index (χ0n) is 19.2. The van der Waals surface area contributed by atoms with Crippen LogP contribution < -0.4 is 25.6 Å². The number of ether oxygens (including phenoxy) is 1. The van der Waals surface area contributed by atoms with E-state index in [1.165, 1.54) is 5.56 Å². The summed E-state index contributed by atoms with van der Waals surface area (Å²) in [5, 5.41) is 10.4. The Hall–Kier alpha value is -3.48. The first-order chi connectivity index (χ1) is 16.5. The summed E-state index contributed by atoms with van der Waals surface area (Å²) in [4.78, 5) is 15.3. The first-order valence-electron chi connectivity index (χ1n) is 11.4. The molecule has 0 fully saturated rings. The summed E-state index contributed by atoms with van der Waals surface area (Å²) in [5.41, 5.74) is 6.83. The minimum atomic E-state index is -0.167. The molecular formula is C27H27ClN4O2. The molecule has 0 saturated carbocycles. The maximum atomic E-state index is 13.2. The monoisotopic (exact) mass is 474 g/mol. The summed E-state index contributed by atoms with van der Waals surface area (Å²) >= 11 is 6.18. The molecule has 6 nitrogen and oxygen atoms in total. The van der Waals surface area contributed by atoms with E-state index in [-0.39, 0.29) is 5.91 Å². The van der Waals surface area contributed by atoms with Crippen LogP contribution in [0.4, 0.5) is 17.1 Å². The molecule has 34 heavy (non-hydrogen) atoms. The Kier molecular flexibility index (Phi) is 6.18. The van der Waals surface area contributed by atoms with E-state index in [1.54, 1.807) is 12.1 Å². The van der Waals surface area contributed by atoms with Gasteiger partial charge in [-0.15, -0.1) is 0 Å². The fourth-order valence-corrected chi connectivity index (χ4v) is 4.48. The third-order valence-corrected chi connectivity index (χ3v) is 6.36. The van der Waals surface area contributed by atoms with Crippen molar-refractivity contribution in [2.24, 2.45) is 0 Å². The van der Waals surface area contributed by atoms with Crippen molar-refractivity contribution in [2.75, 3.05) is 42.3 Å². The fraction of sp³-hybridized carbons (Fsp3) is 0.222. The second-order valence-corrected chi connectivity index (χ2v) is 8.89. The van der Waals surface area contributed by atoms with Crippen LogP contribution in [0.2, 0.25) is 5.02 Å². The highest BCUT2D eigenvalue weighted by Crippen LogP contribution is 2.41. The topological polar surface area (TPSA) is 65.6 Å². The quantitative estimate of drug-likeness (QED) is 0.428. The molecule has 0 aromatic heterocycles. The second kappa shape index (κ2) is 9.41. The van der Waals surface area contributed by atoms with E-state index < -0.39 is 0 Å². The van der Waals surface area contributed by atoms with Crippen LogP contribution >= 0.6 is 11.6 Å². The van der Waals surface area contributed by atoms with Crippen LogP contribution in [-0.4, -0.2) is 32.7 Å². The van der Waals surface area contributed by atoms with Crippen molar-refractivity contribution >= 4 is 45.8 Å². The van der Waals surface area contributed by atoms with Crippen molar-refractivity contribution in [3.63, 3.8) is 0 Å². The van der Waals surface area contributed by atoms with E-state index in [9.17, 15) is 4.79 Å². The Bertz CT molecular complexity index is 1270. The molecular weight excluding hydrogens is 448 g/mol. The molecule has 2 heterocycles. The number of anilines is 3. The Morgan fingerprint density at radius 1 is 1.12 bits per heavy atom. The summed E-state index contributed by atoms with van der Waals surface area (Å²) < 4.78 is 5.95. The normalized spacial score (nSPS) is 15.9. The number of nitrogens with one attached hydrogen (secondary N) is 3. The Morgan fingerprint density at radius 3 is 2.74 bits per heavy atom. The lowest BCUT2D eigenvalue weighted by Gasteiger charge is -2.28. The number of benzene rings is 3. The highest BCUT2D eigenvalue weighted by Gasteiger charge is 2.29. The molecule has 0 bridgehead atoms. The van der Waals surface area contributed by atoms with Crippen molar-refractivity contribution in [3.8, 4) is 5.75 Å². The number of amides is 1. The highest BCUT2D eigenvalue weighted by atomic mass is 35.5. The number of hydrogen-bond donors (Lipinski definition) is 3. The largest absolute Gasteiger partial charge is 0.490 e. The maximum Gasteiger partial charge on any atom is 0.258 e. The molecule has 3 aromatic rings. The number of carbonyl (C=O) groups excluding carboxylic acids is 1. The number of hydrogen-bond acceptors (Lipinski definition) is 5. The smallest absolute Gasteiger partial charge is 0.258 e. The van der Waals surface area contributed by atoms with E-state index >= 15 is 0 Å². The summed E-state index contributed by atoms with van der Waals surface area (Å²) in [6.45, 7) is 5.29. The van der Waals surface area contributed by atoms with E-state index in [2.05, 4.69) is 47.0 Å². The van der Waals surface area contributed by atoms with Crippen molar-refractivity contribution in [1.82, 2.24) is 5.32 Å². The molecule has 0 atom stereocenters. The number of carbonyl (C=O) groups is 1. The van der Waals surface area contributed by atoms with Gasteiger partial charge in [-0.1, -0.05) is 42.8 Å². The van der Waals surface area contributed by atoms with Crippen LogP contribution in [0.25, 0.3) is 11.3 Å². The van der Waals surface area contributed by atoms with Crippen LogP contribution in [0.5, 0.6) is 5.75 Å². The third-order valence-electron chi connectivity index (χ3n) is 6.12. The molecule has 2 aliphatic heterocycles. The molecule has 0 unspecified atom stereocenters. The SMILES string of the molecule is CCNCc1ccc(NC(=C2C(=O)Nc3cc(Cl)ccc32)c2ccc3c(c2)OCCN3C)cc1. The predicted molar refractivity (Wildman–Crippen MR) is 140 cm³/mol. The highest BCUT2D eigenvalue weighted by molar-refractivity contribution is 6.38. The molecule has 0 spiro atoms. The first kappa shape index (κ1) is 22.3. The average Bonchev–Trinajstić information content (AvgIpc) is 3.16. The van der Waals surface area contributed by atoms with Crippen LogP contribution in [0.3, 0.4) is 0 Å². The van der Waals surface area contributed by atoms with Gasteiger partial charge < -0.3 is 25.6 Å². The number of fused-ring (bicyclic) bond motifs is 2. The number of rotatable bonds is 6. The lowest BCUT2D eigenvalue weighted by atomic mass is 9.99. The van der Waals surface area contributed by atoms with E-state index in [0.717, 1.165) is 53.6 Å². The molecule has 0 aliphatic carbocycles. The Morgan fingerprint density at radius 2 is 1.94 bits per heavy atom. The average molecular weight is 475 g/mol. The van der Waals surface area contributed by atoms with Gasteiger partial charge in [0, 0.05) is 35.4 Å². The first-order valence-corrected chi connectivity index (χ1v) is 11.8. The molecule has 0 saturated heterocycles. The van der Waals surface area contributed by atoms with Gasteiger partial charge in [-0.3, -0.25) is 4.79 Å². The van der Waals surface area contributed by atoms with Crippen LogP contribution in [0.1, 0.15) is 23.6 Å². The maximum absolute atomic E-state index is 13.2. The lowest BCUT2D eigenvalue weighted by Crippen LogP contribution is -2.28. The van der Waals surface area contributed by atoms with Gasteiger partial charge in [0.2, 0.25) is 0 Å². The summed E-state index contributed by atoms with van der Waals surface area (Å²) in [5.74, 6) is 0.640. The molecule has 7 heteroatoms. The number of likely N-dealkylation sites (N-methyl/N-ethyl adjacent to an activating group) is 1. The van der Waals surface area contributed by atoms with Gasteiger partial charge in [0.1, 0.15) is 12.4 Å². The van der Waals surface area contributed by atoms with Crippen LogP contribution in [0.15, 0.2) is 60.7 Å². The van der Waals surface area contributed by atoms with Crippen LogP contribution in [-0.2, 0) is 11.3 Å². The standard InChI is InChI=1S/C27H27ClN4O2/c1-3-29-16-17-4-8-20(9-5-17)30-26(18-6-11-23-24(14-18)34-13-12-32(23)2)25-21-10-7-19(28)15-22(21)31-27(25)33/h4-11,14-15,29-30H,3,12-13,16H2,1-2H3,(H,31,33). The molecule has 1 amide bonds. The molecule has 5 rings (SSSR count). The summed E-state index contributed by atoms with van der Waals surface area (Å²) in [6, 6.07) is 19.8. The summed E-state index contributed by atoms with van der Waals surface area (Å²) in [7, 11) is 2.05. The molecule has 3 aromatic carbocycles. The van der Waals surface area contributed by atoms with Gasteiger partial charge in [0.25, 0.3) is 5.91 Å². The zero-order chi connectivity index (χ0) is 23.7. The van der Waals surface area contributed by atoms with Gasteiger partial charge in [-0.05, 0) is 48.5 Å². The van der Waals surface area contributed by atoms with E-state index in [0.29, 0.717) is 22.9 Å². The number of nitrogens with zero attached hydrogens (tertiary/aromatic N) is 1. The predicted octanol–water partition coefficient (Wildman–Crippen LogP) is 5.21. The Labute approximate surface area is 204 Å². The minimum Gasteiger partial charge on any atom is -0.490 e. The van der Waals surface area contributed by atoms with Gasteiger partial charge >= 0.3 is 0 Å². The van der Waals surface area contributed by atoms with Gasteiger partial charge in [0.15, 0.2) is 0 Å². The molecule has 0 radical (unpaired) electrons. The number of halogens is 1. The molecule has 2 aliphatic rings. The summed E-state index contributed by atoms with van der Waals surface area (Å²) in [6.07, 6.45) is 0.